The molecule has 1 aliphatic heterocycles. The summed E-state index contributed by atoms with van der Waals surface area (Å²) in [4.78, 5) is 25.2. The highest BCUT2D eigenvalue weighted by Crippen LogP contribution is 2.21. The first-order valence-electron chi connectivity index (χ1n) is 7.12. The number of nitrogens with zero attached hydrogens (tertiary/aromatic N) is 1. The maximum atomic E-state index is 13.4. The number of anilines is 1. The van der Waals surface area contributed by atoms with Crippen LogP contribution < -0.4 is 5.32 Å². The predicted octanol–water partition coefficient (Wildman–Crippen LogP) is 1.52. The summed E-state index contributed by atoms with van der Waals surface area (Å²) >= 11 is 0. The maximum absolute atomic E-state index is 13.4. The van der Waals surface area contributed by atoms with Crippen LogP contribution in [0.15, 0.2) is 18.2 Å². The summed E-state index contributed by atoms with van der Waals surface area (Å²) in [5, 5.41) is 11.7. The number of nitrogens with one attached hydrogen (secondary N) is 1. The largest absolute Gasteiger partial charge is 0.393 e. The van der Waals surface area contributed by atoms with Gasteiger partial charge >= 0.3 is 11.8 Å². The van der Waals surface area contributed by atoms with Crippen LogP contribution in [0.3, 0.4) is 0 Å². The fraction of sp³-hybridized carbons (Fsp3) is 0.467. The van der Waals surface area contributed by atoms with Crippen LogP contribution in [0.25, 0.3) is 0 Å². The molecule has 1 saturated heterocycles. The van der Waals surface area contributed by atoms with E-state index in [0.717, 1.165) is 12.1 Å². The molecule has 120 valence electrons. The Hall–Kier alpha value is -2.02. The third-order valence-corrected chi connectivity index (χ3v) is 3.88. The number of rotatable bonds is 2. The van der Waals surface area contributed by atoms with Gasteiger partial charge in [-0.2, -0.15) is 0 Å². The van der Waals surface area contributed by atoms with Crippen molar-refractivity contribution in [3.8, 4) is 0 Å². The van der Waals surface area contributed by atoms with Crippen molar-refractivity contribution >= 4 is 17.5 Å². The Morgan fingerprint density at radius 2 is 1.95 bits per heavy atom. The number of carbonyl (C=O) groups is 2. The van der Waals surface area contributed by atoms with Gasteiger partial charge in [0.25, 0.3) is 0 Å². The van der Waals surface area contributed by atoms with E-state index in [-0.39, 0.29) is 11.6 Å². The van der Waals surface area contributed by atoms with Crippen molar-refractivity contribution in [2.24, 2.45) is 5.92 Å². The molecule has 1 aliphatic rings. The van der Waals surface area contributed by atoms with E-state index < -0.39 is 29.6 Å². The molecule has 1 fully saturated rings. The Bertz CT molecular complexity index is 570. The van der Waals surface area contributed by atoms with E-state index >= 15 is 0 Å². The number of carbonyl (C=O) groups excluding carboxylic acids is 2. The van der Waals surface area contributed by atoms with Gasteiger partial charge < -0.3 is 15.3 Å². The third-order valence-electron chi connectivity index (χ3n) is 3.88. The molecule has 0 aliphatic carbocycles. The van der Waals surface area contributed by atoms with E-state index in [1.54, 1.807) is 6.92 Å². The van der Waals surface area contributed by atoms with E-state index in [9.17, 15) is 23.5 Å². The third kappa shape index (κ3) is 3.79. The Morgan fingerprint density at radius 1 is 1.32 bits per heavy atom. The van der Waals surface area contributed by atoms with Gasteiger partial charge in [-0.1, -0.05) is 0 Å². The zero-order valence-corrected chi connectivity index (χ0v) is 12.2. The number of amides is 2. The first-order chi connectivity index (χ1) is 10.4. The summed E-state index contributed by atoms with van der Waals surface area (Å²) in [6.45, 7) is 2.44. The quantitative estimate of drug-likeness (QED) is 0.814. The van der Waals surface area contributed by atoms with Crippen molar-refractivity contribution < 1.29 is 23.5 Å². The second-order valence-electron chi connectivity index (χ2n) is 5.45. The minimum atomic E-state index is -0.957. The highest BCUT2D eigenvalue weighted by atomic mass is 19.1. The summed E-state index contributed by atoms with van der Waals surface area (Å²) < 4.78 is 26.2. The van der Waals surface area contributed by atoms with Crippen LogP contribution in [0.5, 0.6) is 0 Å². The summed E-state index contributed by atoms with van der Waals surface area (Å²) in [6, 6.07) is 2.70. The van der Waals surface area contributed by atoms with Crippen LogP contribution in [0.1, 0.15) is 19.8 Å². The summed E-state index contributed by atoms with van der Waals surface area (Å²) in [5.41, 5.74) is -0.237. The van der Waals surface area contributed by atoms with Crippen molar-refractivity contribution in [2.75, 3.05) is 18.4 Å². The Kier molecular flexibility index (Phi) is 5.07. The normalized spacial score (nSPS) is 17.2. The molecule has 1 aromatic rings. The smallest absolute Gasteiger partial charge is 0.313 e. The van der Waals surface area contributed by atoms with Crippen molar-refractivity contribution in [3.63, 3.8) is 0 Å². The molecule has 0 saturated carbocycles. The molecule has 2 N–H and O–H groups in total. The number of aliphatic hydroxyl groups is 1. The second kappa shape index (κ2) is 6.83. The molecule has 0 aromatic heterocycles. The van der Waals surface area contributed by atoms with E-state index in [1.165, 1.54) is 4.90 Å². The number of halogens is 2. The van der Waals surface area contributed by atoms with Crippen LogP contribution in [0.4, 0.5) is 14.5 Å². The van der Waals surface area contributed by atoms with Gasteiger partial charge in [-0.05, 0) is 37.8 Å². The van der Waals surface area contributed by atoms with Crippen molar-refractivity contribution in [3.05, 3.63) is 29.8 Å². The molecule has 22 heavy (non-hydrogen) atoms. The van der Waals surface area contributed by atoms with E-state index in [1.807, 2.05) is 0 Å². The molecule has 2 rings (SSSR count). The first kappa shape index (κ1) is 16.4. The molecule has 5 nitrogen and oxygen atoms in total. The van der Waals surface area contributed by atoms with Gasteiger partial charge in [0.1, 0.15) is 11.6 Å². The van der Waals surface area contributed by atoms with Crippen molar-refractivity contribution in [1.29, 1.82) is 0 Å². The molecule has 0 spiro atoms. The lowest BCUT2D eigenvalue weighted by Crippen LogP contribution is -2.45. The average Bonchev–Trinajstić information content (AvgIpc) is 2.49. The molecular formula is C15H18F2N2O3. The minimum absolute atomic E-state index is 0.113. The molecule has 1 heterocycles. The number of aliphatic hydroxyl groups excluding tert-OH is 1. The monoisotopic (exact) mass is 312 g/mol. The summed E-state index contributed by atoms with van der Waals surface area (Å²) in [7, 11) is 0. The highest BCUT2D eigenvalue weighted by Gasteiger charge is 2.29. The van der Waals surface area contributed by atoms with Crippen LogP contribution in [-0.4, -0.2) is 41.0 Å². The van der Waals surface area contributed by atoms with Gasteiger partial charge in [0.15, 0.2) is 0 Å². The molecule has 7 heteroatoms. The lowest BCUT2D eigenvalue weighted by molar-refractivity contribution is -0.144. The second-order valence-corrected chi connectivity index (χ2v) is 5.45. The zero-order valence-electron chi connectivity index (χ0n) is 12.2. The van der Waals surface area contributed by atoms with Gasteiger partial charge in [-0.3, -0.25) is 9.59 Å². The van der Waals surface area contributed by atoms with Crippen LogP contribution in [0.2, 0.25) is 0 Å². The Labute approximate surface area is 126 Å². The van der Waals surface area contributed by atoms with Crippen molar-refractivity contribution in [2.45, 2.75) is 25.9 Å². The van der Waals surface area contributed by atoms with Gasteiger partial charge in [0.05, 0.1) is 11.8 Å². The van der Waals surface area contributed by atoms with Crippen molar-refractivity contribution in [1.82, 2.24) is 4.90 Å². The lowest BCUT2D eigenvalue weighted by atomic mass is 9.92. The number of benzene rings is 1. The van der Waals surface area contributed by atoms with Gasteiger partial charge in [0, 0.05) is 19.2 Å². The Morgan fingerprint density at radius 3 is 2.50 bits per heavy atom. The molecule has 1 aromatic carbocycles. The maximum Gasteiger partial charge on any atom is 0.313 e. The summed E-state index contributed by atoms with van der Waals surface area (Å²) in [6.07, 6.45) is 0.780. The lowest BCUT2D eigenvalue weighted by Gasteiger charge is -2.32. The number of hydrogen-bond acceptors (Lipinski definition) is 3. The molecule has 0 radical (unpaired) electrons. The first-order valence-corrected chi connectivity index (χ1v) is 7.12. The molecule has 2 amide bonds. The highest BCUT2D eigenvalue weighted by molar-refractivity contribution is 6.39. The predicted molar refractivity (Wildman–Crippen MR) is 76.0 cm³/mol. The molecule has 0 bridgehead atoms. The average molecular weight is 312 g/mol. The van der Waals surface area contributed by atoms with Gasteiger partial charge in [-0.15, -0.1) is 0 Å². The minimum Gasteiger partial charge on any atom is -0.393 e. The van der Waals surface area contributed by atoms with Crippen LogP contribution in [-0.2, 0) is 9.59 Å². The topological polar surface area (TPSA) is 69.6 Å². The van der Waals surface area contributed by atoms with E-state index in [2.05, 4.69) is 5.32 Å². The number of likely N-dealkylation sites (tertiary alicyclic amines) is 1. The Balaban J connectivity index is 1.94. The standard InChI is InChI=1S/C15H18F2N2O3/c1-9(20)10-4-6-19(7-5-10)15(22)14(21)18-13-3-2-11(16)8-12(13)17/h2-3,8-10,20H,4-7H2,1H3,(H,18,21). The summed E-state index contributed by atoms with van der Waals surface area (Å²) in [5.74, 6) is -3.30. The van der Waals surface area contributed by atoms with Gasteiger partial charge in [0.2, 0.25) is 0 Å². The zero-order chi connectivity index (χ0) is 16.3. The van der Waals surface area contributed by atoms with E-state index in [4.69, 9.17) is 0 Å². The SMILES string of the molecule is CC(O)C1CCN(C(=O)C(=O)Nc2ccc(F)cc2F)CC1. The van der Waals surface area contributed by atoms with Crippen LogP contribution in [0, 0.1) is 17.6 Å². The fourth-order valence-electron chi connectivity index (χ4n) is 2.50. The molecule has 1 unspecified atom stereocenters. The number of piperidine rings is 1. The molecular weight excluding hydrogens is 294 g/mol. The molecule has 1 atom stereocenters. The van der Waals surface area contributed by atoms with Gasteiger partial charge in [-0.25, -0.2) is 8.78 Å². The van der Waals surface area contributed by atoms with Crippen LogP contribution >= 0.6 is 0 Å². The van der Waals surface area contributed by atoms with E-state index in [0.29, 0.717) is 32.0 Å². The number of hydrogen-bond donors (Lipinski definition) is 2. The fourth-order valence-corrected chi connectivity index (χ4v) is 2.50.